The van der Waals surface area contributed by atoms with Crippen LogP contribution in [0.25, 0.3) is 31.3 Å². The molecule has 1 fully saturated rings. The number of azide groups is 3. The first-order chi connectivity index (χ1) is 13.2. The maximum Gasteiger partial charge on any atom is 0.0594 e. The third kappa shape index (κ3) is 36.0. The van der Waals surface area contributed by atoms with E-state index in [2.05, 4.69) is 50.9 Å². The van der Waals surface area contributed by atoms with E-state index in [0.717, 1.165) is 32.8 Å². The Kier molecular flexibility index (Phi) is 35.4. The Hall–Kier alpha value is -1.79. The Bertz CT molecular complexity index is 412. The van der Waals surface area contributed by atoms with Crippen LogP contribution in [-0.4, -0.2) is 97.9 Å². The van der Waals surface area contributed by atoms with Gasteiger partial charge in [-0.3, -0.25) is 4.90 Å². The van der Waals surface area contributed by atoms with Gasteiger partial charge in [0.05, 0.1) is 19.8 Å². The number of aliphatic hydroxyl groups is 3. The second kappa shape index (κ2) is 31.9. The third-order valence-electron chi connectivity index (χ3n) is 2.29. The predicted octanol–water partition coefficient (Wildman–Crippen LogP) is 1.58. The topological polar surface area (TPSA) is 219 Å². The monoisotopic (exact) mass is 454 g/mol. The lowest BCUT2D eigenvalue weighted by atomic mass is 10.4. The number of morpholine rings is 1. The van der Waals surface area contributed by atoms with Crippen LogP contribution in [0, 0.1) is 0 Å². The van der Waals surface area contributed by atoms with Crippen LogP contribution in [0.1, 0.15) is 0 Å². The van der Waals surface area contributed by atoms with Gasteiger partial charge in [-0.25, -0.2) is 0 Å². The minimum atomic E-state index is -0.0654. The molecule has 3 N–H and O–H groups in total. The third-order valence-corrected chi connectivity index (χ3v) is 2.65. The molecule has 0 aromatic rings. The number of nitrogens with zero attached hydrogens (tertiary/aromatic N) is 10. The van der Waals surface area contributed by atoms with E-state index in [9.17, 15) is 0 Å². The fourth-order valence-corrected chi connectivity index (χ4v) is 1.23. The molecule has 0 amide bonds. The largest absolute Gasteiger partial charge is 0.396 e. The molecule has 15 heteroatoms. The van der Waals surface area contributed by atoms with Crippen molar-refractivity contribution in [3.8, 4) is 0 Å². The summed E-state index contributed by atoms with van der Waals surface area (Å²) in [6, 6.07) is 0. The molecular formula is C12H27BrN10O4. The molecule has 1 heterocycles. The number of aliphatic hydroxyl groups excluding tert-OH is 3. The number of halogens is 1. The van der Waals surface area contributed by atoms with Gasteiger partial charge in [0, 0.05) is 72.5 Å². The lowest BCUT2D eigenvalue weighted by Gasteiger charge is -2.25. The second-order valence-corrected chi connectivity index (χ2v) is 4.97. The molecule has 1 aliphatic rings. The zero-order valence-electron chi connectivity index (χ0n) is 15.1. The van der Waals surface area contributed by atoms with E-state index in [4.69, 9.17) is 36.6 Å². The number of ether oxygens (including phenoxy) is 1. The van der Waals surface area contributed by atoms with Gasteiger partial charge < -0.3 is 20.1 Å². The van der Waals surface area contributed by atoms with Crippen molar-refractivity contribution >= 4 is 15.9 Å². The maximum atomic E-state index is 8.01. The lowest BCUT2D eigenvalue weighted by Crippen LogP contribution is -2.37. The van der Waals surface area contributed by atoms with E-state index < -0.39 is 0 Å². The van der Waals surface area contributed by atoms with Crippen LogP contribution >= 0.6 is 15.9 Å². The van der Waals surface area contributed by atoms with Crippen molar-refractivity contribution in [2.24, 2.45) is 15.3 Å². The summed E-state index contributed by atoms with van der Waals surface area (Å²) in [5.41, 5.74) is 23.1. The Morgan fingerprint density at radius 3 is 1.52 bits per heavy atom. The van der Waals surface area contributed by atoms with Crippen LogP contribution in [0.4, 0.5) is 0 Å². The quantitative estimate of drug-likeness (QED) is 0.214. The molecule has 1 saturated heterocycles. The van der Waals surface area contributed by atoms with Gasteiger partial charge in [-0.15, -0.1) is 0 Å². The number of hydrogen-bond acceptors (Lipinski definition) is 8. The van der Waals surface area contributed by atoms with Crippen LogP contribution in [0.5, 0.6) is 0 Å². The molecule has 27 heavy (non-hydrogen) atoms. The average molecular weight is 455 g/mol. The zero-order valence-corrected chi connectivity index (χ0v) is 16.7. The van der Waals surface area contributed by atoms with Crippen molar-refractivity contribution in [2.45, 2.75) is 0 Å². The molecule has 0 spiro atoms. The highest BCUT2D eigenvalue weighted by Crippen LogP contribution is 1.95. The molecule has 0 aromatic carbocycles. The Labute approximate surface area is 165 Å². The Morgan fingerprint density at radius 2 is 1.22 bits per heavy atom. The summed E-state index contributed by atoms with van der Waals surface area (Å²) in [5, 5.41) is 33.9. The summed E-state index contributed by atoms with van der Waals surface area (Å²) >= 11 is 3.00. The highest BCUT2D eigenvalue weighted by molar-refractivity contribution is 9.09. The van der Waals surface area contributed by atoms with Gasteiger partial charge in [-0.1, -0.05) is 31.3 Å². The van der Waals surface area contributed by atoms with E-state index in [-0.39, 0.29) is 32.9 Å². The van der Waals surface area contributed by atoms with Gasteiger partial charge in [0.25, 0.3) is 0 Å². The number of alkyl halides is 1. The van der Waals surface area contributed by atoms with E-state index in [1.165, 1.54) is 0 Å². The summed E-state index contributed by atoms with van der Waals surface area (Å²) < 4.78 is 5.16. The molecule has 0 aromatic heterocycles. The Morgan fingerprint density at radius 1 is 0.815 bits per heavy atom. The summed E-state index contributed by atoms with van der Waals surface area (Å²) in [7, 11) is 0. The SMILES string of the molecule is OCCBr.[N-]=[N+]=NCCN1CCOCC1.[N-]=[N+]=NCCO.[N-]=[N+]=NCCO. The molecule has 0 atom stereocenters. The first-order valence-electron chi connectivity index (χ1n) is 7.89. The summed E-state index contributed by atoms with van der Waals surface area (Å²) in [5.74, 6) is 0. The molecule has 1 rings (SSSR count). The molecule has 14 nitrogen and oxygen atoms in total. The first kappa shape index (κ1) is 30.0. The molecule has 0 radical (unpaired) electrons. The van der Waals surface area contributed by atoms with E-state index >= 15 is 0 Å². The van der Waals surface area contributed by atoms with E-state index in [0.29, 0.717) is 11.9 Å². The van der Waals surface area contributed by atoms with Crippen LogP contribution in [0.3, 0.4) is 0 Å². The van der Waals surface area contributed by atoms with Gasteiger partial charge in [0.15, 0.2) is 0 Å². The minimum Gasteiger partial charge on any atom is -0.396 e. The van der Waals surface area contributed by atoms with E-state index in [1.54, 1.807) is 0 Å². The minimum absolute atomic E-state index is 0.0654. The van der Waals surface area contributed by atoms with Gasteiger partial charge in [0.1, 0.15) is 0 Å². The highest BCUT2D eigenvalue weighted by atomic mass is 79.9. The predicted molar refractivity (Wildman–Crippen MR) is 104 cm³/mol. The van der Waals surface area contributed by atoms with Gasteiger partial charge in [0.2, 0.25) is 0 Å². The van der Waals surface area contributed by atoms with Crippen molar-refractivity contribution in [3.63, 3.8) is 0 Å². The molecule has 1 aliphatic heterocycles. The molecular weight excluding hydrogens is 428 g/mol. The van der Waals surface area contributed by atoms with Gasteiger partial charge in [-0.2, -0.15) is 0 Å². The van der Waals surface area contributed by atoms with Crippen LogP contribution in [0.2, 0.25) is 0 Å². The maximum absolute atomic E-state index is 8.01. The molecule has 0 bridgehead atoms. The molecule has 0 saturated carbocycles. The number of hydrogen-bond donors (Lipinski definition) is 3. The van der Waals surface area contributed by atoms with Crippen molar-refractivity contribution in [1.29, 1.82) is 0 Å². The highest BCUT2D eigenvalue weighted by Gasteiger charge is 2.08. The van der Waals surface area contributed by atoms with Crippen molar-refractivity contribution in [2.75, 3.05) is 77.6 Å². The normalized spacial score (nSPS) is 12.0. The summed E-state index contributed by atoms with van der Waals surface area (Å²) in [6.07, 6.45) is 0. The molecule has 156 valence electrons. The first-order valence-corrected chi connectivity index (χ1v) is 9.01. The summed E-state index contributed by atoms with van der Waals surface area (Å²) in [6.45, 7) is 5.40. The fraction of sp³-hybridized carbons (Fsp3) is 1.00. The van der Waals surface area contributed by atoms with Crippen molar-refractivity contribution in [3.05, 3.63) is 31.3 Å². The fourth-order valence-electron chi connectivity index (χ4n) is 1.23. The van der Waals surface area contributed by atoms with Crippen molar-refractivity contribution < 1.29 is 20.1 Å². The molecule has 0 aliphatic carbocycles. The van der Waals surface area contributed by atoms with Crippen LogP contribution in [-0.2, 0) is 4.74 Å². The standard InChI is InChI=1S/C6H12N4O.C2H5BrO.2C2H5N3O/c7-9-8-1-2-10-3-5-11-6-4-10;3-1-2-4;2*3-5-4-1-2-6/h1-6H2;4H,1-2H2;2*6H,1-2H2. The van der Waals surface area contributed by atoms with Crippen molar-refractivity contribution in [1.82, 2.24) is 4.90 Å². The van der Waals surface area contributed by atoms with Gasteiger partial charge >= 0.3 is 0 Å². The molecule has 0 unspecified atom stereocenters. The summed E-state index contributed by atoms with van der Waals surface area (Å²) in [4.78, 5) is 9.70. The lowest BCUT2D eigenvalue weighted by molar-refractivity contribution is 0.0394. The zero-order chi connectivity index (χ0) is 21.0. The average Bonchev–Trinajstić information content (AvgIpc) is 2.73. The van der Waals surface area contributed by atoms with Crippen LogP contribution in [0.15, 0.2) is 15.3 Å². The van der Waals surface area contributed by atoms with Gasteiger partial charge in [-0.05, 0) is 16.6 Å². The Balaban J connectivity index is -0.000000311. The number of rotatable bonds is 8. The van der Waals surface area contributed by atoms with E-state index in [1.807, 2.05) is 0 Å². The smallest absolute Gasteiger partial charge is 0.0594 e. The van der Waals surface area contributed by atoms with Crippen LogP contribution < -0.4 is 0 Å². The second-order valence-electron chi connectivity index (χ2n) is 4.18.